The molecule has 1 amide bonds. The topological polar surface area (TPSA) is 84.8 Å². The molecule has 0 aromatic heterocycles. The smallest absolute Gasteiger partial charge is 0.264 e. The maximum atomic E-state index is 12.3. The molecule has 7 heteroatoms. The zero-order chi connectivity index (χ0) is 22.5. The number of hydrogen-bond donors (Lipinski definition) is 1. The minimum absolute atomic E-state index is 0.0822. The van der Waals surface area contributed by atoms with Crippen molar-refractivity contribution in [3.05, 3.63) is 71.5 Å². The number of hydrogen-bond acceptors (Lipinski definition) is 5. The summed E-state index contributed by atoms with van der Waals surface area (Å²) in [6.45, 7) is 4.54. The fourth-order valence-electron chi connectivity index (χ4n) is 3.06. The number of amides is 1. The Morgan fingerprint density at radius 2 is 2.06 bits per heavy atom. The molecule has 3 rings (SSSR count). The molecular formula is C24H26N2O4S. The molecule has 0 radical (unpaired) electrons. The van der Waals surface area contributed by atoms with E-state index in [0.717, 1.165) is 17.5 Å². The van der Waals surface area contributed by atoms with Crippen molar-refractivity contribution in [2.75, 3.05) is 19.4 Å². The molecule has 1 N–H and O–H groups in total. The van der Waals surface area contributed by atoms with Crippen molar-refractivity contribution in [1.82, 2.24) is 5.32 Å². The quantitative estimate of drug-likeness (QED) is 0.565. The maximum absolute atomic E-state index is 12.3. The summed E-state index contributed by atoms with van der Waals surface area (Å²) in [5, 5.41) is 2.91. The van der Waals surface area contributed by atoms with Crippen LogP contribution in [-0.4, -0.2) is 39.4 Å². The number of rotatable bonds is 5. The van der Waals surface area contributed by atoms with Crippen molar-refractivity contribution < 1.29 is 17.4 Å². The number of nitrogens with zero attached hydrogens (tertiary/aromatic N) is 1. The highest BCUT2D eigenvalue weighted by atomic mass is 32.2. The van der Waals surface area contributed by atoms with Crippen LogP contribution in [0.4, 0.5) is 0 Å². The number of aliphatic imine (C=N–C) groups is 1. The Balaban J connectivity index is 1.64. The second kappa shape index (κ2) is 9.46. The predicted octanol–water partition coefficient (Wildman–Crippen LogP) is 3.26. The van der Waals surface area contributed by atoms with Gasteiger partial charge in [-0.15, -0.1) is 0 Å². The summed E-state index contributed by atoms with van der Waals surface area (Å²) < 4.78 is 27.2. The summed E-state index contributed by atoms with van der Waals surface area (Å²) in [6, 6.07) is 9.08. The van der Waals surface area contributed by atoms with Crippen LogP contribution in [-0.2, 0) is 14.3 Å². The predicted molar refractivity (Wildman–Crippen MR) is 122 cm³/mol. The second-order valence-corrected chi connectivity index (χ2v) is 9.63. The summed E-state index contributed by atoms with van der Waals surface area (Å²) in [5.41, 5.74) is 2.48. The van der Waals surface area contributed by atoms with Crippen LogP contribution < -0.4 is 5.32 Å². The molecule has 0 saturated heterocycles. The van der Waals surface area contributed by atoms with E-state index in [-0.39, 0.29) is 23.8 Å². The lowest BCUT2D eigenvalue weighted by Crippen LogP contribution is -2.24. The molecule has 2 unspecified atom stereocenters. The molecule has 6 nitrogen and oxygen atoms in total. The summed E-state index contributed by atoms with van der Waals surface area (Å²) in [6.07, 6.45) is 9.34. The zero-order valence-corrected chi connectivity index (χ0v) is 18.7. The maximum Gasteiger partial charge on any atom is 0.264 e. The van der Waals surface area contributed by atoms with Gasteiger partial charge in [-0.25, -0.2) is 0 Å². The first-order valence-corrected chi connectivity index (χ1v) is 11.8. The van der Waals surface area contributed by atoms with Crippen molar-refractivity contribution in [3.8, 4) is 11.8 Å². The molecule has 2 aliphatic rings. The van der Waals surface area contributed by atoms with E-state index in [9.17, 15) is 13.2 Å². The molecule has 0 saturated carbocycles. The van der Waals surface area contributed by atoms with Crippen molar-refractivity contribution >= 4 is 21.7 Å². The van der Waals surface area contributed by atoms with Crippen molar-refractivity contribution in [1.29, 1.82) is 0 Å². The fourth-order valence-corrected chi connectivity index (χ4v) is 3.39. The monoisotopic (exact) mass is 438 g/mol. The first-order chi connectivity index (χ1) is 14.6. The third kappa shape index (κ3) is 6.78. The lowest BCUT2D eigenvalue weighted by molar-refractivity contribution is 0.0966. The minimum atomic E-state index is -3.52. The Morgan fingerprint density at radius 1 is 1.32 bits per heavy atom. The van der Waals surface area contributed by atoms with Crippen LogP contribution >= 0.6 is 0 Å². The van der Waals surface area contributed by atoms with Gasteiger partial charge in [-0.1, -0.05) is 49.1 Å². The number of benzene rings is 1. The van der Waals surface area contributed by atoms with Crippen LogP contribution in [0.3, 0.4) is 0 Å². The van der Waals surface area contributed by atoms with Gasteiger partial charge >= 0.3 is 0 Å². The van der Waals surface area contributed by atoms with Gasteiger partial charge in [0.25, 0.3) is 16.0 Å². The molecule has 162 valence electrons. The fraction of sp³-hybridized carbons (Fsp3) is 0.333. The van der Waals surface area contributed by atoms with E-state index in [1.54, 1.807) is 12.1 Å². The van der Waals surface area contributed by atoms with Gasteiger partial charge in [0.15, 0.2) is 0 Å². The van der Waals surface area contributed by atoms with Gasteiger partial charge in [0.2, 0.25) is 0 Å². The van der Waals surface area contributed by atoms with Gasteiger partial charge in [-0.3, -0.25) is 14.0 Å². The highest BCUT2D eigenvalue weighted by Crippen LogP contribution is 2.28. The van der Waals surface area contributed by atoms with Gasteiger partial charge in [0.1, 0.15) is 6.61 Å². The first-order valence-electron chi connectivity index (χ1n) is 10.0. The standard InChI is InChI=1S/C24H26N2O4S/c1-18-16-25-22(17-30-31(3,28)29)15-20(18)9-12-24(2)13-10-21(11-14-24)26-23(27)19-7-5-4-6-8-19/h4-8,10-11,13,15,18H,14,16-17H2,1-3H3,(H,26,27). The number of nitrogens with one attached hydrogen (secondary N) is 1. The van der Waals surface area contributed by atoms with Crippen molar-refractivity contribution in [2.24, 2.45) is 16.3 Å². The van der Waals surface area contributed by atoms with E-state index < -0.39 is 10.1 Å². The Labute approximate surface area is 183 Å². The highest BCUT2D eigenvalue weighted by Gasteiger charge is 2.22. The lowest BCUT2D eigenvalue weighted by atomic mass is 9.83. The lowest BCUT2D eigenvalue weighted by Gasteiger charge is -2.23. The van der Waals surface area contributed by atoms with Gasteiger partial charge in [-0.2, -0.15) is 8.42 Å². The van der Waals surface area contributed by atoms with E-state index in [1.165, 1.54) is 0 Å². The molecule has 1 aliphatic carbocycles. The van der Waals surface area contributed by atoms with Crippen LogP contribution in [0.5, 0.6) is 0 Å². The van der Waals surface area contributed by atoms with Crippen molar-refractivity contribution in [2.45, 2.75) is 20.3 Å². The Morgan fingerprint density at radius 3 is 2.71 bits per heavy atom. The van der Waals surface area contributed by atoms with Crippen LogP contribution in [0.25, 0.3) is 0 Å². The van der Waals surface area contributed by atoms with Gasteiger partial charge in [0, 0.05) is 29.3 Å². The molecule has 1 aromatic rings. The van der Waals surface area contributed by atoms with Crippen LogP contribution in [0.1, 0.15) is 30.6 Å². The summed E-state index contributed by atoms with van der Waals surface area (Å²) in [4.78, 5) is 16.7. The number of carbonyl (C=O) groups is 1. The van der Waals surface area contributed by atoms with Gasteiger partial charge in [-0.05, 0) is 37.6 Å². The summed E-state index contributed by atoms with van der Waals surface area (Å²) in [7, 11) is -3.52. The number of dihydropyridines is 1. The van der Waals surface area contributed by atoms with E-state index in [0.29, 0.717) is 24.2 Å². The molecule has 0 bridgehead atoms. The Hall–Kier alpha value is -2.95. The zero-order valence-electron chi connectivity index (χ0n) is 17.9. The molecule has 1 aliphatic heterocycles. The second-order valence-electron chi connectivity index (χ2n) is 7.98. The third-order valence-electron chi connectivity index (χ3n) is 5.01. The van der Waals surface area contributed by atoms with E-state index in [4.69, 9.17) is 4.18 Å². The average molecular weight is 439 g/mol. The number of carbonyl (C=O) groups excluding carboxylic acids is 1. The average Bonchev–Trinajstić information content (AvgIpc) is 2.74. The normalized spacial score (nSPS) is 23.1. The largest absolute Gasteiger partial charge is 0.322 e. The third-order valence-corrected chi connectivity index (χ3v) is 5.55. The molecule has 0 fully saturated rings. The SMILES string of the molecule is CC1CN=C(COS(C)(=O)=O)C=C1C#CC1(C)C=CC(NC(=O)c2ccccc2)=CC1. The summed E-state index contributed by atoms with van der Waals surface area (Å²) >= 11 is 0. The van der Waals surface area contributed by atoms with Crippen LogP contribution in [0.15, 0.2) is 70.9 Å². The Bertz CT molecular complexity index is 1140. The van der Waals surface area contributed by atoms with Gasteiger partial charge in [0.05, 0.1) is 17.4 Å². The van der Waals surface area contributed by atoms with E-state index >= 15 is 0 Å². The van der Waals surface area contributed by atoms with E-state index in [1.807, 2.05) is 56.4 Å². The summed E-state index contributed by atoms with van der Waals surface area (Å²) in [5.74, 6) is 6.58. The highest BCUT2D eigenvalue weighted by molar-refractivity contribution is 7.86. The van der Waals surface area contributed by atoms with Crippen LogP contribution in [0.2, 0.25) is 0 Å². The first kappa shape index (κ1) is 22.7. The molecule has 2 atom stereocenters. The van der Waals surface area contributed by atoms with Crippen molar-refractivity contribution in [3.63, 3.8) is 0 Å². The van der Waals surface area contributed by atoms with E-state index in [2.05, 4.69) is 22.2 Å². The van der Waals surface area contributed by atoms with Gasteiger partial charge < -0.3 is 5.32 Å². The molecule has 0 spiro atoms. The molecule has 1 heterocycles. The molecule has 1 aromatic carbocycles. The Kier molecular flexibility index (Phi) is 6.94. The number of allylic oxidation sites excluding steroid dienone is 3. The molecular weight excluding hydrogens is 412 g/mol. The minimum Gasteiger partial charge on any atom is -0.322 e. The van der Waals surface area contributed by atoms with Crippen LogP contribution in [0, 0.1) is 23.2 Å². The molecule has 31 heavy (non-hydrogen) atoms.